The second-order valence-electron chi connectivity index (χ2n) is 7.04. The first-order chi connectivity index (χ1) is 13.9. The van der Waals surface area contributed by atoms with Crippen LogP contribution in [-0.4, -0.2) is 9.55 Å². The monoisotopic (exact) mass is 386 g/mol. The molecule has 2 nitrogen and oxygen atoms in total. The van der Waals surface area contributed by atoms with Crippen molar-refractivity contribution < 1.29 is 0 Å². The summed E-state index contributed by atoms with van der Waals surface area (Å²) < 4.78 is 2.44. The van der Waals surface area contributed by atoms with Crippen LogP contribution in [0.5, 0.6) is 0 Å². The summed E-state index contributed by atoms with van der Waals surface area (Å²) in [5.74, 6) is 1.15. The average molecular weight is 387 g/mol. The van der Waals surface area contributed by atoms with Gasteiger partial charge in [0.15, 0.2) is 0 Å². The van der Waals surface area contributed by atoms with Crippen LogP contribution < -0.4 is 0 Å². The second kappa shape index (κ2) is 9.11. The molecule has 4 rings (SSSR count). The molecular weight excluding hydrogens is 360 g/mol. The minimum atomic E-state index is 0.164. The fraction of sp³-hybridized carbons (Fsp3) is 0.240. The smallest absolute Gasteiger partial charge is 0.127 e. The van der Waals surface area contributed by atoms with Gasteiger partial charge in [-0.15, -0.1) is 11.8 Å². The van der Waals surface area contributed by atoms with Gasteiger partial charge < -0.3 is 4.57 Å². The van der Waals surface area contributed by atoms with Gasteiger partial charge in [-0.25, -0.2) is 4.98 Å². The molecule has 1 aromatic heterocycles. The van der Waals surface area contributed by atoms with Crippen molar-refractivity contribution in [3.63, 3.8) is 0 Å². The van der Waals surface area contributed by atoms with E-state index in [1.165, 1.54) is 35.2 Å². The van der Waals surface area contributed by atoms with E-state index in [1.807, 2.05) is 11.8 Å². The highest BCUT2D eigenvalue weighted by atomic mass is 32.2. The number of fused-ring (bicyclic) bond motifs is 1. The lowest BCUT2D eigenvalue weighted by Crippen LogP contribution is -2.09. The molecular formula is C25H26N2S. The number of aromatic nitrogens is 2. The molecule has 0 aliphatic carbocycles. The van der Waals surface area contributed by atoms with Crippen molar-refractivity contribution in [3.8, 4) is 0 Å². The normalized spacial score (nSPS) is 12.3. The number of imidazole rings is 1. The van der Waals surface area contributed by atoms with E-state index in [1.54, 1.807) is 0 Å². The SMILES string of the molecule is CCCCCn1c(C(Sc2ccccc2)c2ccccc2)nc2ccccc21. The van der Waals surface area contributed by atoms with E-state index < -0.39 is 0 Å². The number of thioether (sulfide) groups is 1. The first-order valence-electron chi connectivity index (χ1n) is 10.1. The van der Waals surface area contributed by atoms with E-state index >= 15 is 0 Å². The summed E-state index contributed by atoms with van der Waals surface area (Å²) in [6.07, 6.45) is 3.65. The number of benzene rings is 3. The van der Waals surface area contributed by atoms with Crippen LogP contribution in [0.4, 0.5) is 0 Å². The highest BCUT2D eigenvalue weighted by Crippen LogP contribution is 2.41. The largest absolute Gasteiger partial charge is 0.327 e. The number of hydrogen-bond donors (Lipinski definition) is 0. The molecule has 0 radical (unpaired) electrons. The molecule has 0 saturated heterocycles. The predicted molar refractivity (Wildman–Crippen MR) is 120 cm³/mol. The lowest BCUT2D eigenvalue weighted by molar-refractivity contribution is 0.595. The van der Waals surface area contributed by atoms with Crippen LogP contribution in [0, 0.1) is 0 Å². The first-order valence-corrected chi connectivity index (χ1v) is 11.0. The van der Waals surface area contributed by atoms with Crippen molar-refractivity contribution in [3.05, 3.63) is 96.3 Å². The zero-order chi connectivity index (χ0) is 19.2. The van der Waals surface area contributed by atoms with Crippen molar-refractivity contribution in [1.82, 2.24) is 9.55 Å². The molecule has 0 amide bonds. The van der Waals surface area contributed by atoms with Gasteiger partial charge in [0, 0.05) is 11.4 Å². The van der Waals surface area contributed by atoms with Gasteiger partial charge in [-0.05, 0) is 36.2 Å². The van der Waals surface area contributed by atoms with E-state index in [0.717, 1.165) is 17.9 Å². The molecule has 0 fully saturated rings. The first kappa shape index (κ1) is 18.8. The fourth-order valence-electron chi connectivity index (χ4n) is 3.58. The summed E-state index contributed by atoms with van der Waals surface area (Å²) >= 11 is 1.88. The highest BCUT2D eigenvalue weighted by Gasteiger charge is 2.23. The van der Waals surface area contributed by atoms with Crippen molar-refractivity contribution >= 4 is 22.8 Å². The molecule has 4 aromatic rings. The van der Waals surface area contributed by atoms with Gasteiger partial charge in [0.25, 0.3) is 0 Å². The summed E-state index contributed by atoms with van der Waals surface area (Å²) in [7, 11) is 0. The Kier molecular flexibility index (Phi) is 6.13. The Morgan fingerprint density at radius 3 is 2.25 bits per heavy atom. The van der Waals surface area contributed by atoms with Crippen molar-refractivity contribution in [2.75, 3.05) is 0 Å². The zero-order valence-electron chi connectivity index (χ0n) is 16.3. The molecule has 142 valence electrons. The number of para-hydroxylation sites is 2. The average Bonchev–Trinajstić information content (AvgIpc) is 3.12. The van der Waals surface area contributed by atoms with Crippen molar-refractivity contribution in [2.24, 2.45) is 0 Å². The number of nitrogens with zero attached hydrogens (tertiary/aromatic N) is 2. The molecule has 1 unspecified atom stereocenters. The molecule has 0 spiro atoms. The molecule has 3 heteroatoms. The number of hydrogen-bond acceptors (Lipinski definition) is 2. The fourth-order valence-corrected chi connectivity index (χ4v) is 4.75. The maximum atomic E-state index is 5.11. The van der Waals surface area contributed by atoms with Gasteiger partial charge in [-0.1, -0.05) is 80.4 Å². The molecule has 0 saturated carbocycles. The van der Waals surface area contributed by atoms with Crippen molar-refractivity contribution in [2.45, 2.75) is 42.9 Å². The Labute approximate surface area is 171 Å². The van der Waals surface area contributed by atoms with Gasteiger partial charge >= 0.3 is 0 Å². The van der Waals surface area contributed by atoms with Gasteiger partial charge in [0.2, 0.25) is 0 Å². The molecule has 28 heavy (non-hydrogen) atoms. The lowest BCUT2D eigenvalue weighted by Gasteiger charge is -2.19. The Morgan fingerprint density at radius 1 is 0.821 bits per heavy atom. The minimum absolute atomic E-state index is 0.164. The minimum Gasteiger partial charge on any atom is -0.327 e. The van der Waals surface area contributed by atoms with Crippen LogP contribution in [0.2, 0.25) is 0 Å². The van der Waals surface area contributed by atoms with E-state index in [2.05, 4.69) is 96.4 Å². The molecule has 1 heterocycles. The Bertz CT molecular complexity index is 1010. The number of unbranched alkanes of at least 4 members (excludes halogenated alkanes) is 2. The van der Waals surface area contributed by atoms with Gasteiger partial charge in [-0.3, -0.25) is 0 Å². The number of aryl methyl sites for hydroxylation is 1. The van der Waals surface area contributed by atoms with Crippen LogP contribution in [-0.2, 0) is 6.54 Å². The third kappa shape index (κ3) is 4.15. The molecule has 0 bridgehead atoms. The Balaban J connectivity index is 1.81. The summed E-state index contributed by atoms with van der Waals surface area (Å²) in [5.41, 5.74) is 3.62. The lowest BCUT2D eigenvalue weighted by atomic mass is 10.1. The van der Waals surface area contributed by atoms with E-state index in [0.29, 0.717) is 0 Å². The van der Waals surface area contributed by atoms with Crippen LogP contribution in [0.1, 0.15) is 42.8 Å². The van der Waals surface area contributed by atoms with Crippen LogP contribution in [0.15, 0.2) is 89.8 Å². The standard InChI is InChI=1S/C25H26N2S/c1-2-3-12-19-27-23-18-11-10-17-22(23)26-25(27)24(20-13-6-4-7-14-20)28-21-15-8-5-9-16-21/h4-11,13-18,24H,2-3,12,19H2,1H3. The third-order valence-electron chi connectivity index (χ3n) is 5.00. The molecule has 0 aliphatic heterocycles. The molecule has 0 aliphatic rings. The summed E-state index contributed by atoms with van der Waals surface area (Å²) in [6.45, 7) is 3.27. The van der Waals surface area contributed by atoms with E-state index in [9.17, 15) is 0 Å². The molecule has 1 atom stereocenters. The summed E-state index contributed by atoms with van der Waals surface area (Å²) in [4.78, 5) is 6.37. The Morgan fingerprint density at radius 2 is 1.50 bits per heavy atom. The molecule has 3 aromatic carbocycles. The Hall–Kier alpha value is -2.52. The maximum absolute atomic E-state index is 5.11. The third-order valence-corrected chi connectivity index (χ3v) is 6.27. The van der Waals surface area contributed by atoms with Crippen LogP contribution >= 0.6 is 11.8 Å². The zero-order valence-corrected chi connectivity index (χ0v) is 17.1. The second-order valence-corrected chi connectivity index (χ2v) is 8.22. The number of rotatable bonds is 8. The van der Waals surface area contributed by atoms with Crippen LogP contribution in [0.25, 0.3) is 11.0 Å². The van der Waals surface area contributed by atoms with Gasteiger partial charge in [0.05, 0.1) is 16.3 Å². The van der Waals surface area contributed by atoms with Crippen molar-refractivity contribution in [1.29, 1.82) is 0 Å². The summed E-state index contributed by atoms with van der Waals surface area (Å²) in [5, 5.41) is 0.164. The quantitative estimate of drug-likeness (QED) is 0.237. The van der Waals surface area contributed by atoms with E-state index in [-0.39, 0.29) is 5.25 Å². The van der Waals surface area contributed by atoms with E-state index in [4.69, 9.17) is 4.98 Å². The van der Waals surface area contributed by atoms with Gasteiger partial charge in [-0.2, -0.15) is 0 Å². The topological polar surface area (TPSA) is 17.8 Å². The molecule has 0 N–H and O–H groups in total. The highest BCUT2D eigenvalue weighted by molar-refractivity contribution is 7.99. The summed E-state index contributed by atoms with van der Waals surface area (Å²) in [6, 6.07) is 29.9. The maximum Gasteiger partial charge on any atom is 0.127 e. The van der Waals surface area contributed by atoms with Gasteiger partial charge in [0.1, 0.15) is 5.82 Å². The van der Waals surface area contributed by atoms with Crippen LogP contribution in [0.3, 0.4) is 0 Å². The predicted octanol–water partition coefficient (Wildman–Crippen LogP) is 7.11.